The van der Waals surface area contributed by atoms with Gasteiger partial charge in [0.05, 0.1) is 0 Å². The Hall–Kier alpha value is -0.920. The maximum atomic E-state index is 12.3. The van der Waals surface area contributed by atoms with Crippen molar-refractivity contribution >= 4 is 10.0 Å². The lowest BCUT2D eigenvalue weighted by Gasteiger charge is -2.07. The van der Waals surface area contributed by atoms with E-state index in [1.165, 1.54) is 12.8 Å². The van der Waals surface area contributed by atoms with Gasteiger partial charge in [-0.1, -0.05) is 19.8 Å². The summed E-state index contributed by atoms with van der Waals surface area (Å²) >= 11 is 0. The molecule has 1 saturated carbocycles. The van der Waals surface area contributed by atoms with Gasteiger partial charge in [-0.05, 0) is 26.2 Å². The van der Waals surface area contributed by atoms with E-state index in [0.29, 0.717) is 19.1 Å². The average molecular weight is 300 g/mol. The summed E-state index contributed by atoms with van der Waals surface area (Å²) in [6.07, 6.45) is 5.30. The van der Waals surface area contributed by atoms with Crippen LogP contribution in [-0.2, 0) is 16.6 Å². The zero-order valence-corrected chi connectivity index (χ0v) is 13.0. The molecule has 0 aromatic carbocycles. The molecule has 0 saturated heterocycles. The van der Waals surface area contributed by atoms with E-state index in [9.17, 15) is 8.42 Å². The molecule has 0 bridgehead atoms. The predicted molar refractivity (Wildman–Crippen MR) is 77.9 cm³/mol. The summed E-state index contributed by atoms with van der Waals surface area (Å²) in [5.41, 5.74) is 1.56. The standard InChI is InChI=1S/C13H24N4O2S/c1-3-4-5-8-15-20(18,19)13-12(10(2)16-17-13)9-14-11-6-7-11/h11,14-15H,3-9H2,1-2H3,(H,16,17). The number of aromatic nitrogens is 2. The summed E-state index contributed by atoms with van der Waals surface area (Å²) in [5.74, 6) is 0. The van der Waals surface area contributed by atoms with Crippen LogP contribution >= 0.6 is 0 Å². The molecule has 0 spiro atoms. The second-order valence-electron chi connectivity index (χ2n) is 5.39. The Kier molecular flexibility index (Phi) is 5.17. The Balaban J connectivity index is 2.01. The van der Waals surface area contributed by atoms with E-state index in [-0.39, 0.29) is 5.03 Å². The molecule has 3 N–H and O–H groups in total. The van der Waals surface area contributed by atoms with Gasteiger partial charge in [-0.2, -0.15) is 5.10 Å². The molecule has 0 amide bonds. The van der Waals surface area contributed by atoms with Gasteiger partial charge >= 0.3 is 0 Å². The number of rotatable bonds is 9. The number of hydrogen-bond acceptors (Lipinski definition) is 4. The van der Waals surface area contributed by atoms with Crippen LogP contribution in [0.5, 0.6) is 0 Å². The van der Waals surface area contributed by atoms with E-state index in [1.807, 2.05) is 6.92 Å². The number of nitrogens with one attached hydrogen (secondary N) is 3. The number of nitrogens with zero attached hydrogens (tertiary/aromatic N) is 1. The van der Waals surface area contributed by atoms with Crippen LogP contribution in [0.15, 0.2) is 5.03 Å². The summed E-state index contributed by atoms with van der Waals surface area (Å²) in [4.78, 5) is 0. The Bertz CT molecular complexity index is 535. The van der Waals surface area contributed by atoms with Crippen molar-refractivity contribution in [2.45, 2.75) is 63.6 Å². The maximum Gasteiger partial charge on any atom is 0.260 e. The van der Waals surface area contributed by atoms with Crippen LogP contribution in [0.4, 0.5) is 0 Å². The van der Waals surface area contributed by atoms with Crippen molar-refractivity contribution < 1.29 is 8.42 Å². The summed E-state index contributed by atoms with van der Waals surface area (Å²) in [5, 5.41) is 10.2. The number of aromatic amines is 1. The van der Waals surface area contributed by atoms with Gasteiger partial charge in [-0.3, -0.25) is 5.10 Å². The highest BCUT2D eigenvalue weighted by molar-refractivity contribution is 7.89. The Morgan fingerprint density at radius 2 is 2.10 bits per heavy atom. The van der Waals surface area contributed by atoms with Crippen LogP contribution in [0.1, 0.15) is 50.3 Å². The first-order valence-corrected chi connectivity index (χ1v) is 8.79. The second kappa shape index (κ2) is 6.69. The zero-order valence-electron chi connectivity index (χ0n) is 12.2. The number of aryl methyl sites for hydroxylation is 1. The highest BCUT2D eigenvalue weighted by Crippen LogP contribution is 2.21. The quantitative estimate of drug-likeness (QED) is 0.602. The molecule has 0 atom stereocenters. The van der Waals surface area contributed by atoms with Crippen molar-refractivity contribution in [2.24, 2.45) is 0 Å². The summed E-state index contributed by atoms with van der Waals surface area (Å²) in [7, 11) is -3.51. The predicted octanol–water partition coefficient (Wildman–Crippen LogP) is 1.44. The molecule has 0 radical (unpaired) electrons. The molecule has 2 rings (SSSR count). The Morgan fingerprint density at radius 1 is 1.35 bits per heavy atom. The van der Waals surface area contributed by atoms with Crippen molar-refractivity contribution in [3.05, 3.63) is 11.3 Å². The number of hydrogen-bond donors (Lipinski definition) is 3. The third-order valence-electron chi connectivity index (χ3n) is 3.51. The molecule has 0 aliphatic heterocycles. The van der Waals surface area contributed by atoms with Crippen LogP contribution in [0, 0.1) is 6.92 Å². The van der Waals surface area contributed by atoms with Crippen molar-refractivity contribution in [3.63, 3.8) is 0 Å². The lowest BCUT2D eigenvalue weighted by Crippen LogP contribution is -2.27. The zero-order chi connectivity index (χ0) is 14.6. The minimum absolute atomic E-state index is 0.139. The van der Waals surface area contributed by atoms with Gasteiger partial charge in [0.2, 0.25) is 0 Å². The maximum absolute atomic E-state index is 12.3. The SMILES string of the molecule is CCCCCNS(=O)(=O)c1n[nH]c(C)c1CNC1CC1. The molecule has 20 heavy (non-hydrogen) atoms. The highest BCUT2D eigenvalue weighted by Gasteiger charge is 2.26. The van der Waals surface area contributed by atoms with E-state index >= 15 is 0 Å². The molecule has 114 valence electrons. The lowest BCUT2D eigenvalue weighted by molar-refractivity contribution is 0.568. The third-order valence-corrected chi connectivity index (χ3v) is 4.94. The molecular weight excluding hydrogens is 276 g/mol. The van der Waals surface area contributed by atoms with Crippen LogP contribution in [0.3, 0.4) is 0 Å². The lowest BCUT2D eigenvalue weighted by atomic mass is 10.2. The first kappa shape index (κ1) is 15.5. The summed E-state index contributed by atoms with van der Waals surface area (Å²) < 4.78 is 27.2. The monoisotopic (exact) mass is 300 g/mol. The molecule has 1 fully saturated rings. The van der Waals surface area contributed by atoms with Crippen molar-refractivity contribution in [2.75, 3.05) is 6.54 Å². The van der Waals surface area contributed by atoms with Crippen molar-refractivity contribution in [1.29, 1.82) is 0 Å². The van der Waals surface area contributed by atoms with E-state index < -0.39 is 10.0 Å². The van der Waals surface area contributed by atoms with Gasteiger partial charge < -0.3 is 5.32 Å². The molecule has 6 nitrogen and oxygen atoms in total. The van der Waals surface area contributed by atoms with E-state index in [4.69, 9.17) is 0 Å². The Morgan fingerprint density at radius 3 is 2.75 bits per heavy atom. The highest BCUT2D eigenvalue weighted by atomic mass is 32.2. The molecule has 1 aliphatic carbocycles. The summed E-state index contributed by atoms with van der Waals surface area (Å²) in [6, 6.07) is 0.539. The summed E-state index contributed by atoms with van der Waals surface area (Å²) in [6.45, 7) is 4.97. The van der Waals surface area contributed by atoms with Crippen LogP contribution in [0.2, 0.25) is 0 Å². The molecule has 1 heterocycles. The first-order valence-electron chi connectivity index (χ1n) is 7.31. The van der Waals surface area contributed by atoms with E-state index in [2.05, 4.69) is 27.2 Å². The fourth-order valence-electron chi connectivity index (χ4n) is 2.04. The normalized spacial score (nSPS) is 15.7. The minimum Gasteiger partial charge on any atom is -0.310 e. The Labute approximate surface area is 120 Å². The topological polar surface area (TPSA) is 86.9 Å². The van der Waals surface area contributed by atoms with Gasteiger partial charge in [0.25, 0.3) is 10.0 Å². The first-order chi connectivity index (χ1) is 9.54. The molecule has 7 heteroatoms. The average Bonchev–Trinajstić information content (AvgIpc) is 3.15. The largest absolute Gasteiger partial charge is 0.310 e. The number of unbranched alkanes of at least 4 members (excludes halogenated alkanes) is 2. The molecule has 1 aromatic rings. The molecule has 1 aromatic heterocycles. The van der Waals surface area contributed by atoms with Crippen LogP contribution < -0.4 is 10.0 Å². The van der Waals surface area contributed by atoms with E-state index in [1.54, 1.807) is 0 Å². The van der Waals surface area contributed by atoms with Gasteiger partial charge in [0.1, 0.15) is 0 Å². The smallest absolute Gasteiger partial charge is 0.260 e. The number of sulfonamides is 1. The number of H-pyrrole nitrogens is 1. The second-order valence-corrected chi connectivity index (χ2v) is 7.07. The van der Waals surface area contributed by atoms with Gasteiger partial charge in [0, 0.05) is 30.4 Å². The van der Waals surface area contributed by atoms with Crippen molar-refractivity contribution in [3.8, 4) is 0 Å². The minimum atomic E-state index is -3.51. The van der Waals surface area contributed by atoms with Crippen LogP contribution in [-0.4, -0.2) is 31.2 Å². The van der Waals surface area contributed by atoms with E-state index in [0.717, 1.165) is 30.5 Å². The van der Waals surface area contributed by atoms with Crippen LogP contribution in [0.25, 0.3) is 0 Å². The molecule has 1 aliphatic rings. The fourth-order valence-corrected chi connectivity index (χ4v) is 3.31. The fraction of sp³-hybridized carbons (Fsp3) is 0.769. The third kappa shape index (κ3) is 4.04. The van der Waals surface area contributed by atoms with Gasteiger partial charge in [-0.15, -0.1) is 0 Å². The molecular formula is C13H24N4O2S. The van der Waals surface area contributed by atoms with Gasteiger partial charge in [-0.25, -0.2) is 13.1 Å². The van der Waals surface area contributed by atoms with Crippen molar-refractivity contribution in [1.82, 2.24) is 20.2 Å². The molecule has 0 unspecified atom stereocenters. The van der Waals surface area contributed by atoms with Gasteiger partial charge in [0.15, 0.2) is 5.03 Å².